The van der Waals surface area contributed by atoms with Crippen molar-refractivity contribution >= 4 is 5.69 Å². The second-order valence-corrected chi connectivity index (χ2v) is 6.06. The summed E-state index contributed by atoms with van der Waals surface area (Å²) in [6, 6.07) is 3.64. The minimum absolute atomic E-state index is 0.706. The van der Waals surface area contributed by atoms with E-state index in [2.05, 4.69) is 28.3 Å². The maximum Gasteiger partial charge on any atom is 0.0598 e. The summed E-state index contributed by atoms with van der Waals surface area (Å²) in [5.74, 6) is 0. The fourth-order valence-corrected chi connectivity index (χ4v) is 3.09. The van der Waals surface area contributed by atoms with Crippen LogP contribution < -0.4 is 10.2 Å². The fourth-order valence-electron chi connectivity index (χ4n) is 3.09. The Balaban J connectivity index is 1.70. The van der Waals surface area contributed by atoms with Crippen LogP contribution in [0.3, 0.4) is 0 Å². The zero-order valence-corrected chi connectivity index (χ0v) is 11.9. The summed E-state index contributed by atoms with van der Waals surface area (Å²) in [7, 11) is 2.24. The first-order chi connectivity index (χ1) is 9.34. The van der Waals surface area contributed by atoms with Gasteiger partial charge in [0.25, 0.3) is 0 Å². The Labute approximate surface area is 116 Å². The molecule has 1 aromatic rings. The summed E-state index contributed by atoms with van der Waals surface area (Å²) >= 11 is 0. The molecule has 1 aromatic heterocycles. The van der Waals surface area contributed by atoms with Gasteiger partial charge in [0.05, 0.1) is 11.9 Å². The minimum Gasteiger partial charge on any atom is -0.370 e. The van der Waals surface area contributed by atoms with Gasteiger partial charge in [-0.25, -0.2) is 0 Å². The molecule has 3 nitrogen and oxygen atoms in total. The topological polar surface area (TPSA) is 28.2 Å². The summed E-state index contributed by atoms with van der Waals surface area (Å²) in [5, 5.41) is 3.62. The molecule has 104 valence electrons. The standard InChI is InChI=1S/C16H25N3/c1-19(15-5-3-2-4-6-15)16-12-17-10-9-13(16)11-18-14-7-8-14/h9-10,12,14-15,18H,2-8,11H2,1H3. The third-order valence-electron chi connectivity index (χ3n) is 4.55. The normalized spacial score (nSPS) is 20.5. The van der Waals surface area contributed by atoms with Crippen molar-refractivity contribution in [2.45, 2.75) is 63.6 Å². The van der Waals surface area contributed by atoms with Crippen molar-refractivity contribution in [1.82, 2.24) is 10.3 Å². The lowest BCUT2D eigenvalue weighted by molar-refractivity contribution is 0.426. The van der Waals surface area contributed by atoms with Crippen LogP contribution >= 0.6 is 0 Å². The van der Waals surface area contributed by atoms with Gasteiger partial charge in [0.2, 0.25) is 0 Å². The molecule has 3 rings (SSSR count). The van der Waals surface area contributed by atoms with E-state index in [9.17, 15) is 0 Å². The molecule has 2 aliphatic rings. The number of anilines is 1. The molecule has 0 unspecified atom stereocenters. The first-order valence-electron chi connectivity index (χ1n) is 7.73. The van der Waals surface area contributed by atoms with E-state index in [1.165, 1.54) is 56.2 Å². The van der Waals surface area contributed by atoms with E-state index in [0.717, 1.165) is 12.6 Å². The largest absolute Gasteiger partial charge is 0.370 e. The number of hydrogen-bond donors (Lipinski definition) is 1. The van der Waals surface area contributed by atoms with Crippen LogP contribution in [0.15, 0.2) is 18.5 Å². The molecular weight excluding hydrogens is 234 g/mol. The van der Waals surface area contributed by atoms with E-state index in [0.29, 0.717) is 6.04 Å². The molecule has 0 saturated heterocycles. The highest BCUT2D eigenvalue weighted by atomic mass is 15.1. The van der Waals surface area contributed by atoms with Crippen LogP contribution in [0.1, 0.15) is 50.5 Å². The lowest BCUT2D eigenvalue weighted by Gasteiger charge is -2.34. The molecule has 1 N–H and O–H groups in total. The molecule has 0 spiro atoms. The van der Waals surface area contributed by atoms with Gasteiger partial charge in [-0.15, -0.1) is 0 Å². The molecule has 0 atom stereocenters. The van der Waals surface area contributed by atoms with Crippen molar-refractivity contribution in [3.05, 3.63) is 24.0 Å². The highest BCUT2D eigenvalue weighted by Gasteiger charge is 2.23. The fraction of sp³-hybridized carbons (Fsp3) is 0.688. The molecule has 2 fully saturated rings. The molecule has 2 aliphatic carbocycles. The smallest absolute Gasteiger partial charge is 0.0598 e. The molecule has 1 heterocycles. The Kier molecular flexibility index (Phi) is 4.02. The molecule has 2 saturated carbocycles. The molecule has 0 amide bonds. The Hall–Kier alpha value is -1.09. The minimum atomic E-state index is 0.706. The van der Waals surface area contributed by atoms with Crippen molar-refractivity contribution in [3.63, 3.8) is 0 Å². The second-order valence-electron chi connectivity index (χ2n) is 6.06. The average molecular weight is 259 g/mol. The highest BCUT2D eigenvalue weighted by Crippen LogP contribution is 2.28. The molecule has 19 heavy (non-hydrogen) atoms. The van der Waals surface area contributed by atoms with Crippen LogP contribution in [0.4, 0.5) is 5.69 Å². The predicted molar refractivity (Wildman–Crippen MR) is 79.4 cm³/mol. The van der Waals surface area contributed by atoms with Gasteiger partial charge in [-0.05, 0) is 37.3 Å². The van der Waals surface area contributed by atoms with Crippen molar-refractivity contribution in [3.8, 4) is 0 Å². The first kappa shape index (κ1) is 12.9. The van der Waals surface area contributed by atoms with Crippen LogP contribution in [0.5, 0.6) is 0 Å². The lowest BCUT2D eigenvalue weighted by atomic mass is 9.94. The van der Waals surface area contributed by atoms with Crippen LogP contribution in [-0.4, -0.2) is 24.1 Å². The van der Waals surface area contributed by atoms with Crippen LogP contribution in [0, 0.1) is 0 Å². The van der Waals surface area contributed by atoms with Crippen LogP contribution in [0.2, 0.25) is 0 Å². The Morgan fingerprint density at radius 3 is 2.74 bits per heavy atom. The van der Waals surface area contributed by atoms with E-state index in [-0.39, 0.29) is 0 Å². The lowest BCUT2D eigenvalue weighted by Crippen LogP contribution is -2.34. The Bertz CT molecular complexity index is 408. The van der Waals surface area contributed by atoms with Crippen molar-refractivity contribution in [2.75, 3.05) is 11.9 Å². The van der Waals surface area contributed by atoms with Gasteiger partial charge in [0.15, 0.2) is 0 Å². The van der Waals surface area contributed by atoms with Gasteiger partial charge >= 0.3 is 0 Å². The van der Waals surface area contributed by atoms with Crippen LogP contribution in [-0.2, 0) is 6.54 Å². The zero-order valence-electron chi connectivity index (χ0n) is 11.9. The van der Waals surface area contributed by atoms with Gasteiger partial charge < -0.3 is 10.2 Å². The molecule has 0 bridgehead atoms. The second kappa shape index (κ2) is 5.91. The predicted octanol–water partition coefficient (Wildman–Crippen LogP) is 3.10. The summed E-state index contributed by atoms with van der Waals surface area (Å²) in [6.07, 6.45) is 13.5. The van der Waals surface area contributed by atoms with E-state index in [4.69, 9.17) is 0 Å². The van der Waals surface area contributed by atoms with E-state index in [1.54, 1.807) is 0 Å². The quantitative estimate of drug-likeness (QED) is 0.880. The van der Waals surface area contributed by atoms with Crippen molar-refractivity contribution < 1.29 is 0 Å². The Morgan fingerprint density at radius 2 is 2.00 bits per heavy atom. The summed E-state index contributed by atoms with van der Waals surface area (Å²) in [5.41, 5.74) is 2.72. The summed E-state index contributed by atoms with van der Waals surface area (Å²) in [4.78, 5) is 6.80. The monoisotopic (exact) mass is 259 g/mol. The van der Waals surface area contributed by atoms with Gasteiger partial charge in [-0.2, -0.15) is 0 Å². The SMILES string of the molecule is CN(c1cnccc1CNC1CC1)C1CCCCC1. The summed E-state index contributed by atoms with van der Waals surface area (Å²) < 4.78 is 0. The molecule has 0 aromatic carbocycles. The third kappa shape index (κ3) is 3.27. The van der Waals surface area contributed by atoms with E-state index in [1.807, 2.05) is 12.4 Å². The first-order valence-corrected chi connectivity index (χ1v) is 7.73. The van der Waals surface area contributed by atoms with Gasteiger partial charge in [0, 0.05) is 31.9 Å². The molecule has 0 radical (unpaired) electrons. The molecule has 0 aliphatic heterocycles. The number of hydrogen-bond acceptors (Lipinski definition) is 3. The van der Waals surface area contributed by atoms with Crippen molar-refractivity contribution in [2.24, 2.45) is 0 Å². The number of nitrogens with zero attached hydrogens (tertiary/aromatic N) is 2. The maximum atomic E-state index is 4.33. The Morgan fingerprint density at radius 1 is 1.21 bits per heavy atom. The number of pyridine rings is 1. The van der Waals surface area contributed by atoms with E-state index >= 15 is 0 Å². The van der Waals surface area contributed by atoms with Crippen molar-refractivity contribution in [1.29, 1.82) is 0 Å². The highest BCUT2D eigenvalue weighted by molar-refractivity contribution is 5.52. The van der Waals surface area contributed by atoms with Crippen LogP contribution in [0.25, 0.3) is 0 Å². The number of rotatable bonds is 5. The molecular formula is C16H25N3. The van der Waals surface area contributed by atoms with Gasteiger partial charge in [0.1, 0.15) is 0 Å². The van der Waals surface area contributed by atoms with E-state index < -0.39 is 0 Å². The van der Waals surface area contributed by atoms with Gasteiger partial charge in [-0.1, -0.05) is 19.3 Å². The number of aromatic nitrogens is 1. The zero-order chi connectivity index (χ0) is 13.1. The number of nitrogens with one attached hydrogen (secondary N) is 1. The average Bonchev–Trinajstić information content (AvgIpc) is 3.30. The third-order valence-corrected chi connectivity index (χ3v) is 4.55. The maximum absolute atomic E-state index is 4.33. The summed E-state index contributed by atoms with van der Waals surface area (Å²) in [6.45, 7) is 0.986. The van der Waals surface area contributed by atoms with Gasteiger partial charge in [-0.3, -0.25) is 4.98 Å². The molecule has 3 heteroatoms.